The van der Waals surface area contributed by atoms with Crippen LogP contribution in [-0.2, 0) is 9.02 Å². The Morgan fingerprint density at radius 3 is 3.00 bits per heavy atom. The van der Waals surface area contributed by atoms with Crippen molar-refractivity contribution in [1.82, 2.24) is 4.98 Å². The van der Waals surface area contributed by atoms with Crippen molar-refractivity contribution in [1.29, 1.82) is 0 Å². The number of anilines is 1. The molecule has 0 fully saturated rings. The van der Waals surface area contributed by atoms with E-state index < -0.39 is 4.22 Å². The van der Waals surface area contributed by atoms with E-state index in [0.717, 1.165) is 0 Å². The van der Waals surface area contributed by atoms with Gasteiger partial charge < -0.3 is 5.32 Å². The first-order valence-corrected chi connectivity index (χ1v) is 4.86. The van der Waals surface area contributed by atoms with Crippen molar-refractivity contribution in [3.05, 3.63) is 22.8 Å². The first-order chi connectivity index (χ1) is 6.03. The number of carbonyl (C=O) groups is 1. The van der Waals surface area contributed by atoms with Crippen molar-refractivity contribution in [2.24, 2.45) is 0 Å². The zero-order valence-corrected chi connectivity index (χ0v) is 9.11. The Kier molecular flexibility index (Phi) is 1.89. The van der Waals surface area contributed by atoms with Crippen molar-refractivity contribution in [2.45, 2.75) is 4.22 Å². The van der Waals surface area contributed by atoms with E-state index in [-0.39, 0.29) is 5.91 Å². The van der Waals surface area contributed by atoms with Gasteiger partial charge in [-0.2, -0.15) is 0 Å². The fourth-order valence-corrected chi connectivity index (χ4v) is 2.27. The molecule has 1 amide bonds. The maximum atomic E-state index is 11.4. The molecule has 2 heterocycles. The lowest BCUT2D eigenvalue weighted by atomic mass is 9.82. The Morgan fingerprint density at radius 2 is 2.38 bits per heavy atom. The molecule has 3 nitrogen and oxygen atoms in total. The molecule has 1 atom stereocenters. The lowest BCUT2D eigenvalue weighted by molar-refractivity contribution is -0.116. The molecule has 0 bridgehead atoms. The Labute approximate surface area is 89.4 Å². The Balaban J connectivity index is 2.70. The molecular weight excluding hydrogens is 254 g/mol. The van der Waals surface area contributed by atoms with Crippen LogP contribution in [0.25, 0.3) is 0 Å². The number of amides is 1. The molecule has 0 spiro atoms. The summed E-state index contributed by atoms with van der Waals surface area (Å²) < 4.78 is -0.756. The van der Waals surface area contributed by atoms with Gasteiger partial charge in [0.15, 0.2) is 0 Å². The third-order valence-corrected chi connectivity index (χ3v) is 3.10. The molecule has 0 radical (unpaired) electrons. The first-order valence-electron chi connectivity index (χ1n) is 3.69. The summed E-state index contributed by atoms with van der Waals surface area (Å²) in [5, 5.41) is 3.19. The number of hydrogen-bond donors (Lipinski definition) is 1. The first kappa shape index (κ1) is 9.03. The van der Waals surface area contributed by atoms with Crippen LogP contribution in [0.2, 0.25) is 5.02 Å². The van der Waals surface area contributed by atoms with Crippen LogP contribution >= 0.6 is 27.5 Å². The van der Waals surface area contributed by atoms with E-state index >= 15 is 0 Å². The van der Waals surface area contributed by atoms with Gasteiger partial charge in [-0.25, -0.2) is 4.98 Å². The van der Waals surface area contributed by atoms with Gasteiger partial charge in [0.1, 0.15) is 17.9 Å². The minimum atomic E-state index is -0.756. The number of alkyl halides is 1. The summed E-state index contributed by atoms with van der Waals surface area (Å²) in [7, 11) is 1.75. The Bertz CT molecular complexity index is 396. The summed E-state index contributed by atoms with van der Waals surface area (Å²) >= 11 is 9.28. The van der Waals surface area contributed by atoms with E-state index in [1.807, 2.05) is 0 Å². The molecule has 1 aliphatic rings. The predicted octanol–water partition coefficient (Wildman–Crippen LogP) is 0.868. The molecule has 66 valence electrons. The van der Waals surface area contributed by atoms with E-state index in [4.69, 9.17) is 11.6 Å². The van der Waals surface area contributed by atoms with Gasteiger partial charge in [0.05, 0.1) is 5.02 Å². The second-order valence-electron chi connectivity index (χ2n) is 2.97. The number of hydrogen-bond acceptors (Lipinski definition) is 2. The largest absolute Gasteiger partial charge is 0.310 e. The van der Waals surface area contributed by atoms with Gasteiger partial charge in [-0.05, 0) is 6.07 Å². The van der Waals surface area contributed by atoms with Crippen molar-refractivity contribution in [2.75, 3.05) is 5.32 Å². The topological polar surface area (TPSA) is 42.0 Å². The fourth-order valence-electron chi connectivity index (χ4n) is 1.32. The standard InChI is InChI=1S/C7H5BBrClN2O/c8-7(9)4-3(10)1-2-11-5(4)12-6(7)13/h1-2H,8H2,(H,11,12,13). The molecule has 1 aliphatic heterocycles. The number of aromatic nitrogens is 1. The van der Waals surface area contributed by atoms with Crippen LogP contribution in [0, 0.1) is 0 Å². The normalized spacial score (nSPS) is 25.5. The van der Waals surface area contributed by atoms with E-state index in [0.29, 0.717) is 16.4 Å². The van der Waals surface area contributed by atoms with Gasteiger partial charge in [-0.3, -0.25) is 4.79 Å². The average Bonchev–Trinajstić information content (AvgIpc) is 2.24. The summed E-state index contributed by atoms with van der Waals surface area (Å²) in [5.41, 5.74) is 0.710. The summed E-state index contributed by atoms with van der Waals surface area (Å²) in [6.07, 6.45) is 1.57. The van der Waals surface area contributed by atoms with Crippen LogP contribution < -0.4 is 5.32 Å². The second kappa shape index (κ2) is 2.72. The number of carbonyl (C=O) groups excluding carboxylic acids is 1. The SMILES string of the molecule is BC1(Br)C(=O)Nc2nccc(Cl)c21. The third kappa shape index (κ3) is 1.18. The van der Waals surface area contributed by atoms with E-state index in [1.165, 1.54) is 0 Å². The maximum Gasteiger partial charge on any atom is 0.238 e. The lowest BCUT2D eigenvalue weighted by Gasteiger charge is -2.13. The van der Waals surface area contributed by atoms with E-state index in [2.05, 4.69) is 26.2 Å². The molecular formula is C7H5BBrClN2O. The van der Waals surface area contributed by atoms with Crippen LogP contribution in [0.1, 0.15) is 5.56 Å². The molecule has 1 aromatic rings. The molecule has 1 aromatic heterocycles. The van der Waals surface area contributed by atoms with Crippen molar-refractivity contribution in [3.63, 3.8) is 0 Å². The summed E-state index contributed by atoms with van der Waals surface area (Å²) in [4.78, 5) is 15.5. The molecule has 6 heteroatoms. The summed E-state index contributed by atoms with van der Waals surface area (Å²) in [6.45, 7) is 0. The fraction of sp³-hybridized carbons (Fsp3) is 0.143. The summed E-state index contributed by atoms with van der Waals surface area (Å²) in [6, 6.07) is 1.67. The number of nitrogens with one attached hydrogen (secondary N) is 1. The van der Waals surface area contributed by atoms with Crippen LogP contribution in [0.15, 0.2) is 12.3 Å². The monoisotopic (exact) mass is 258 g/mol. The highest BCUT2D eigenvalue weighted by Gasteiger charge is 2.42. The minimum absolute atomic E-state index is 0.136. The highest BCUT2D eigenvalue weighted by Crippen LogP contribution is 2.42. The molecule has 0 aromatic carbocycles. The van der Waals surface area contributed by atoms with Crippen molar-refractivity contribution >= 4 is 47.1 Å². The summed E-state index contributed by atoms with van der Waals surface area (Å²) in [5.74, 6) is 0.403. The molecule has 1 unspecified atom stereocenters. The minimum Gasteiger partial charge on any atom is -0.310 e. The number of nitrogens with zero attached hydrogens (tertiary/aromatic N) is 1. The third-order valence-electron chi connectivity index (χ3n) is 2.03. The van der Waals surface area contributed by atoms with Gasteiger partial charge >= 0.3 is 0 Å². The van der Waals surface area contributed by atoms with Gasteiger partial charge in [0.2, 0.25) is 5.91 Å². The highest BCUT2D eigenvalue weighted by atomic mass is 79.9. The number of rotatable bonds is 0. The maximum absolute atomic E-state index is 11.4. The van der Waals surface area contributed by atoms with Gasteiger partial charge in [-0.1, -0.05) is 27.5 Å². The average molecular weight is 259 g/mol. The van der Waals surface area contributed by atoms with Crippen LogP contribution in [0.3, 0.4) is 0 Å². The second-order valence-corrected chi connectivity index (χ2v) is 4.97. The molecule has 13 heavy (non-hydrogen) atoms. The Morgan fingerprint density at radius 1 is 1.69 bits per heavy atom. The molecule has 1 N–H and O–H groups in total. The van der Waals surface area contributed by atoms with Crippen molar-refractivity contribution < 1.29 is 4.79 Å². The van der Waals surface area contributed by atoms with Crippen molar-refractivity contribution in [3.8, 4) is 0 Å². The zero-order valence-electron chi connectivity index (χ0n) is 6.77. The van der Waals surface area contributed by atoms with Crippen LogP contribution in [-0.4, -0.2) is 18.7 Å². The van der Waals surface area contributed by atoms with Crippen LogP contribution in [0.5, 0.6) is 0 Å². The van der Waals surface area contributed by atoms with E-state index in [9.17, 15) is 4.79 Å². The quantitative estimate of drug-likeness (QED) is 0.555. The zero-order chi connectivity index (χ0) is 9.64. The van der Waals surface area contributed by atoms with Gasteiger partial charge in [-0.15, -0.1) is 0 Å². The molecule has 0 saturated carbocycles. The number of fused-ring (bicyclic) bond motifs is 1. The van der Waals surface area contributed by atoms with E-state index in [1.54, 1.807) is 20.1 Å². The van der Waals surface area contributed by atoms with Gasteiger partial charge in [0.25, 0.3) is 0 Å². The Hall–Kier alpha value is -0.545. The van der Waals surface area contributed by atoms with Crippen LogP contribution in [0.4, 0.5) is 5.82 Å². The lowest BCUT2D eigenvalue weighted by Crippen LogP contribution is -2.27. The predicted molar refractivity (Wildman–Crippen MR) is 57.0 cm³/mol. The number of pyridine rings is 1. The molecule has 0 saturated heterocycles. The smallest absolute Gasteiger partial charge is 0.238 e. The number of halogens is 2. The molecule has 2 rings (SSSR count). The van der Waals surface area contributed by atoms with Gasteiger partial charge in [0, 0.05) is 11.8 Å². The highest BCUT2D eigenvalue weighted by molar-refractivity contribution is 9.10. The molecule has 0 aliphatic carbocycles.